The van der Waals surface area contributed by atoms with E-state index < -0.39 is 5.60 Å². The summed E-state index contributed by atoms with van der Waals surface area (Å²) in [5, 5.41) is 13.8. The summed E-state index contributed by atoms with van der Waals surface area (Å²) < 4.78 is 19.1. The van der Waals surface area contributed by atoms with E-state index in [1.165, 1.54) is 18.1 Å². The van der Waals surface area contributed by atoms with Crippen molar-refractivity contribution in [1.29, 1.82) is 0 Å². The number of piperidine rings is 1. The van der Waals surface area contributed by atoms with Crippen molar-refractivity contribution in [2.24, 2.45) is 5.92 Å². The first kappa shape index (κ1) is 18.7. The zero-order chi connectivity index (χ0) is 17.7. The van der Waals surface area contributed by atoms with E-state index in [9.17, 15) is 14.3 Å². The minimum atomic E-state index is -1.41. The Hall–Kier alpha value is -1.66. The minimum absolute atomic E-state index is 0.133. The molecule has 1 aromatic rings. The highest BCUT2D eigenvalue weighted by Crippen LogP contribution is 2.25. The third-order valence-electron chi connectivity index (χ3n) is 4.29. The largest absolute Gasteiger partial charge is 0.497 e. The van der Waals surface area contributed by atoms with Gasteiger partial charge in [0.15, 0.2) is 5.60 Å². The monoisotopic (exact) mass is 338 g/mol. The van der Waals surface area contributed by atoms with E-state index in [2.05, 4.69) is 19.2 Å². The molecule has 0 radical (unpaired) electrons. The van der Waals surface area contributed by atoms with Crippen LogP contribution in [0.25, 0.3) is 0 Å². The highest BCUT2D eigenvalue weighted by molar-refractivity contribution is 5.86. The molecule has 2 N–H and O–H groups in total. The van der Waals surface area contributed by atoms with Crippen LogP contribution in [0.15, 0.2) is 18.2 Å². The van der Waals surface area contributed by atoms with Crippen molar-refractivity contribution in [3.8, 4) is 5.75 Å². The summed E-state index contributed by atoms with van der Waals surface area (Å²) >= 11 is 0. The van der Waals surface area contributed by atoms with Crippen LogP contribution in [0.3, 0.4) is 0 Å². The molecule has 0 aliphatic carbocycles. The maximum absolute atomic E-state index is 14.0. The van der Waals surface area contributed by atoms with Gasteiger partial charge in [-0.2, -0.15) is 0 Å². The average molecular weight is 338 g/mol. The van der Waals surface area contributed by atoms with Gasteiger partial charge in [-0.05, 0) is 43.5 Å². The summed E-state index contributed by atoms with van der Waals surface area (Å²) in [7, 11) is 1.52. The number of likely N-dealkylation sites (tertiary alicyclic amines) is 1. The molecule has 0 aromatic heterocycles. The van der Waals surface area contributed by atoms with Gasteiger partial charge in [0.25, 0.3) is 5.91 Å². The van der Waals surface area contributed by atoms with Crippen LogP contribution < -0.4 is 10.1 Å². The highest BCUT2D eigenvalue weighted by Gasteiger charge is 2.41. The molecule has 1 heterocycles. The highest BCUT2D eigenvalue weighted by atomic mass is 19.1. The molecule has 1 saturated heterocycles. The molecule has 1 atom stereocenters. The summed E-state index contributed by atoms with van der Waals surface area (Å²) in [6.45, 7) is 5.74. The molecular weight excluding hydrogens is 311 g/mol. The standard InChI is InChI=1S/C18H27FN2O3/c1-13(2)10-20-12-18(23)7-4-8-21(17(18)22)11-14-9-15(24-3)5-6-16(14)19/h5-6,9,13,20,23H,4,7-8,10-12H2,1-3H3/t18-/m1/s1. The molecule has 2 rings (SSSR count). The normalized spacial score (nSPS) is 21.4. The molecule has 6 heteroatoms. The zero-order valence-corrected chi connectivity index (χ0v) is 14.6. The van der Waals surface area contributed by atoms with Gasteiger partial charge in [0.05, 0.1) is 7.11 Å². The minimum Gasteiger partial charge on any atom is -0.497 e. The summed E-state index contributed by atoms with van der Waals surface area (Å²) in [4.78, 5) is 14.2. The van der Waals surface area contributed by atoms with Gasteiger partial charge in [-0.1, -0.05) is 13.8 Å². The SMILES string of the molecule is COc1ccc(F)c(CN2CCC[C@@](O)(CNCC(C)C)C2=O)c1. The Morgan fingerprint density at radius 3 is 2.88 bits per heavy atom. The maximum Gasteiger partial charge on any atom is 0.256 e. The number of rotatable bonds is 7. The van der Waals surface area contributed by atoms with Crippen LogP contribution in [-0.4, -0.2) is 48.3 Å². The summed E-state index contributed by atoms with van der Waals surface area (Å²) in [5.41, 5.74) is -1.02. The first-order valence-electron chi connectivity index (χ1n) is 8.40. The van der Waals surface area contributed by atoms with Gasteiger partial charge in [0.1, 0.15) is 11.6 Å². The molecule has 24 heavy (non-hydrogen) atoms. The quantitative estimate of drug-likeness (QED) is 0.797. The Bertz CT molecular complexity index is 579. The molecule has 1 aliphatic rings. The predicted octanol–water partition coefficient (Wildman–Crippen LogP) is 1.93. The van der Waals surface area contributed by atoms with Crippen molar-refractivity contribution in [2.75, 3.05) is 26.7 Å². The van der Waals surface area contributed by atoms with Gasteiger partial charge in [-0.15, -0.1) is 0 Å². The van der Waals surface area contributed by atoms with E-state index in [1.54, 1.807) is 12.1 Å². The second-order valence-corrected chi connectivity index (χ2v) is 6.84. The lowest BCUT2D eigenvalue weighted by molar-refractivity contribution is -0.157. The van der Waals surface area contributed by atoms with E-state index in [0.29, 0.717) is 36.6 Å². The van der Waals surface area contributed by atoms with Crippen LogP contribution in [0.4, 0.5) is 4.39 Å². The Morgan fingerprint density at radius 1 is 1.46 bits per heavy atom. The molecule has 1 fully saturated rings. The van der Waals surface area contributed by atoms with Crippen LogP contribution in [0.5, 0.6) is 5.75 Å². The number of carbonyl (C=O) groups excluding carboxylic acids is 1. The smallest absolute Gasteiger partial charge is 0.256 e. The molecule has 134 valence electrons. The second-order valence-electron chi connectivity index (χ2n) is 6.84. The lowest BCUT2D eigenvalue weighted by Crippen LogP contribution is -2.58. The first-order chi connectivity index (χ1) is 11.4. The van der Waals surface area contributed by atoms with Gasteiger partial charge in [-0.25, -0.2) is 4.39 Å². The molecule has 1 aliphatic heterocycles. The first-order valence-corrected chi connectivity index (χ1v) is 8.40. The number of aliphatic hydroxyl groups is 1. The average Bonchev–Trinajstić information content (AvgIpc) is 2.53. The molecule has 0 spiro atoms. The van der Waals surface area contributed by atoms with E-state index in [1.807, 2.05) is 0 Å². The van der Waals surface area contributed by atoms with Crippen LogP contribution >= 0.6 is 0 Å². The summed E-state index contributed by atoms with van der Waals surface area (Å²) in [6, 6.07) is 4.47. The Kier molecular flexibility index (Phi) is 6.18. The van der Waals surface area contributed by atoms with Gasteiger partial charge in [-0.3, -0.25) is 4.79 Å². The fourth-order valence-corrected chi connectivity index (χ4v) is 2.95. The Labute approximate surface area is 142 Å². The summed E-state index contributed by atoms with van der Waals surface area (Å²) in [5.74, 6) is 0.266. The van der Waals surface area contributed by atoms with Crippen molar-refractivity contribution in [3.63, 3.8) is 0 Å². The fourth-order valence-electron chi connectivity index (χ4n) is 2.95. The van der Waals surface area contributed by atoms with Gasteiger partial charge >= 0.3 is 0 Å². The van der Waals surface area contributed by atoms with Crippen LogP contribution in [-0.2, 0) is 11.3 Å². The molecule has 0 unspecified atom stereocenters. The number of benzene rings is 1. The number of nitrogens with zero attached hydrogens (tertiary/aromatic N) is 1. The van der Waals surface area contributed by atoms with Crippen molar-refractivity contribution < 1.29 is 19.0 Å². The number of carbonyl (C=O) groups is 1. The number of halogens is 1. The molecule has 0 bridgehead atoms. The predicted molar refractivity (Wildman–Crippen MR) is 90.3 cm³/mol. The lowest BCUT2D eigenvalue weighted by Gasteiger charge is -2.38. The van der Waals surface area contributed by atoms with Crippen molar-refractivity contribution in [1.82, 2.24) is 10.2 Å². The third-order valence-corrected chi connectivity index (χ3v) is 4.29. The van der Waals surface area contributed by atoms with E-state index in [-0.39, 0.29) is 24.8 Å². The topological polar surface area (TPSA) is 61.8 Å². The molecule has 1 amide bonds. The number of hydrogen-bond donors (Lipinski definition) is 2. The van der Waals surface area contributed by atoms with Crippen molar-refractivity contribution >= 4 is 5.91 Å². The van der Waals surface area contributed by atoms with Gasteiger partial charge in [0, 0.05) is 25.2 Å². The summed E-state index contributed by atoms with van der Waals surface area (Å²) in [6.07, 6.45) is 1.12. The van der Waals surface area contributed by atoms with Gasteiger partial charge < -0.3 is 20.1 Å². The van der Waals surface area contributed by atoms with E-state index >= 15 is 0 Å². The van der Waals surface area contributed by atoms with Gasteiger partial charge in [0.2, 0.25) is 0 Å². The number of amides is 1. The fraction of sp³-hybridized carbons (Fsp3) is 0.611. The number of nitrogens with one attached hydrogen (secondary N) is 1. The van der Waals surface area contributed by atoms with E-state index in [4.69, 9.17) is 4.74 Å². The van der Waals surface area contributed by atoms with Crippen LogP contribution in [0, 0.1) is 11.7 Å². The van der Waals surface area contributed by atoms with Crippen molar-refractivity contribution in [3.05, 3.63) is 29.6 Å². The number of hydrogen-bond acceptors (Lipinski definition) is 4. The van der Waals surface area contributed by atoms with Crippen LogP contribution in [0.1, 0.15) is 32.3 Å². The van der Waals surface area contributed by atoms with Crippen LogP contribution in [0.2, 0.25) is 0 Å². The zero-order valence-electron chi connectivity index (χ0n) is 14.6. The molecule has 0 saturated carbocycles. The second kappa shape index (κ2) is 7.94. The molecule has 5 nitrogen and oxygen atoms in total. The number of ether oxygens (including phenoxy) is 1. The number of methoxy groups -OCH3 is 1. The van der Waals surface area contributed by atoms with E-state index in [0.717, 1.165) is 6.54 Å². The third kappa shape index (κ3) is 4.45. The molecular formula is C18H27FN2O3. The lowest BCUT2D eigenvalue weighted by atomic mass is 9.91. The van der Waals surface area contributed by atoms with Crippen molar-refractivity contribution in [2.45, 2.75) is 38.8 Å². The maximum atomic E-state index is 14.0. The molecule has 1 aromatic carbocycles. The Balaban J connectivity index is 2.07. The Morgan fingerprint density at radius 2 is 2.21 bits per heavy atom.